The lowest BCUT2D eigenvalue weighted by molar-refractivity contribution is 0.410. The molecule has 4 heteroatoms. The van der Waals surface area contributed by atoms with Crippen LogP contribution in [0, 0.1) is 0 Å². The average Bonchev–Trinajstić information content (AvgIpc) is 2.30. The fraction of sp³-hybridized carbons (Fsp3) is 0.500. The molecule has 1 aliphatic heterocycles. The molecule has 75 valence electrons. The smallest absolute Gasteiger partial charge is 0.171 e. The molecule has 1 radical (unpaired) electrons. The number of hydrogen-bond acceptors (Lipinski definition) is 3. The van der Waals surface area contributed by atoms with E-state index in [0.717, 1.165) is 37.7 Å². The van der Waals surface area contributed by atoms with Crippen LogP contribution >= 0.6 is 0 Å². The Bertz CT molecular complexity index is 297. The highest BCUT2D eigenvalue weighted by atomic mass is 16.5. The standard InChI is InChI=1S/C10H14N3O/c1-14-9-3-2-4-12-10(9)13-7-5-11-6-8-13/h2-4H,5-8H2,1H3. The number of pyridine rings is 1. The largest absolute Gasteiger partial charge is 0.493 e. The minimum atomic E-state index is 0.842. The van der Waals surface area contributed by atoms with E-state index in [1.54, 1.807) is 13.3 Å². The molecule has 0 bridgehead atoms. The lowest BCUT2D eigenvalue weighted by atomic mass is 10.3. The maximum atomic E-state index is 5.26. The Hall–Kier alpha value is -1.29. The Morgan fingerprint density at radius 3 is 2.86 bits per heavy atom. The van der Waals surface area contributed by atoms with Crippen molar-refractivity contribution in [1.82, 2.24) is 10.3 Å². The van der Waals surface area contributed by atoms with Crippen molar-refractivity contribution in [2.75, 3.05) is 38.2 Å². The summed E-state index contributed by atoms with van der Waals surface area (Å²) >= 11 is 0. The van der Waals surface area contributed by atoms with Gasteiger partial charge in [0.15, 0.2) is 11.6 Å². The number of aromatic nitrogens is 1. The van der Waals surface area contributed by atoms with Crippen LogP contribution in [0.1, 0.15) is 0 Å². The van der Waals surface area contributed by atoms with Crippen LogP contribution in [-0.4, -0.2) is 38.3 Å². The number of hydrogen-bond donors (Lipinski definition) is 0. The number of methoxy groups -OCH3 is 1. The highest BCUT2D eigenvalue weighted by Gasteiger charge is 2.15. The lowest BCUT2D eigenvalue weighted by Crippen LogP contribution is -2.40. The van der Waals surface area contributed by atoms with Crippen LogP contribution in [0.2, 0.25) is 0 Å². The third-order valence-electron chi connectivity index (χ3n) is 2.33. The minimum Gasteiger partial charge on any atom is -0.493 e. The van der Waals surface area contributed by atoms with Gasteiger partial charge in [0.05, 0.1) is 7.11 Å². The van der Waals surface area contributed by atoms with Crippen molar-refractivity contribution in [2.45, 2.75) is 0 Å². The second-order valence-electron chi connectivity index (χ2n) is 3.19. The first kappa shape index (κ1) is 9.27. The van der Waals surface area contributed by atoms with Crippen molar-refractivity contribution >= 4 is 5.82 Å². The summed E-state index contributed by atoms with van der Waals surface area (Å²) in [7, 11) is 1.68. The fourth-order valence-corrected chi connectivity index (χ4v) is 1.60. The van der Waals surface area contributed by atoms with E-state index in [1.807, 2.05) is 12.1 Å². The molecule has 2 rings (SSSR count). The van der Waals surface area contributed by atoms with Crippen LogP contribution in [0.25, 0.3) is 0 Å². The van der Waals surface area contributed by atoms with Gasteiger partial charge in [-0.2, -0.15) is 0 Å². The van der Waals surface area contributed by atoms with E-state index in [2.05, 4.69) is 15.2 Å². The van der Waals surface area contributed by atoms with E-state index in [9.17, 15) is 0 Å². The molecular weight excluding hydrogens is 178 g/mol. The Labute approximate surface area is 83.9 Å². The number of piperazine rings is 1. The van der Waals surface area contributed by atoms with Crippen LogP contribution in [0.5, 0.6) is 5.75 Å². The molecule has 1 aliphatic rings. The summed E-state index contributed by atoms with van der Waals surface area (Å²) in [5, 5.41) is 4.30. The summed E-state index contributed by atoms with van der Waals surface area (Å²) in [5.41, 5.74) is 0. The van der Waals surface area contributed by atoms with Crippen molar-refractivity contribution in [3.8, 4) is 5.75 Å². The molecule has 1 aromatic heterocycles. The number of ether oxygens (including phenoxy) is 1. The Kier molecular flexibility index (Phi) is 2.84. The molecular formula is C10H14N3O. The highest BCUT2D eigenvalue weighted by Crippen LogP contribution is 2.24. The predicted octanol–water partition coefficient (Wildman–Crippen LogP) is 0.515. The molecule has 0 saturated carbocycles. The molecule has 1 fully saturated rings. The van der Waals surface area contributed by atoms with Crippen molar-refractivity contribution in [3.63, 3.8) is 0 Å². The van der Waals surface area contributed by atoms with Crippen LogP contribution in [0.3, 0.4) is 0 Å². The Morgan fingerprint density at radius 1 is 1.36 bits per heavy atom. The third-order valence-corrected chi connectivity index (χ3v) is 2.33. The zero-order valence-corrected chi connectivity index (χ0v) is 8.31. The summed E-state index contributed by atoms with van der Waals surface area (Å²) in [6, 6.07) is 3.82. The number of anilines is 1. The van der Waals surface area contributed by atoms with Gasteiger partial charge in [-0.3, -0.25) is 0 Å². The molecule has 0 aliphatic carbocycles. The first-order chi connectivity index (χ1) is 6.92. The van der Waals surface area contributed by atoms with Gasteiger partial charge in [-0.1, -0.05) is 0 Å². The maximum absolute atomic E-state index is 5.26. The number of nitrogens with zero attached hydrogens (tertiary/aromatic N) is 3. The molecule has 0 atom stereocenters. The SMILES string of the molecule is COc1cccnc1N1CC[N]CC1. The Balaban J connectivity index is 2.20. The second-order valence-corrected chi connectivity index (χ2v) is 3.19. The molecule has 0 aromatic carbocycles. The van der Waals surface area contributed by atoms with Crippen LogP contribution in [0.15, 0.2) is 18.3 Å². The molecule has 4 nitrogen and oxygen atoms in total. The highest BCUT2D eigenvalue weighted by molar-refractivity contribution is 5.52. The van der Waals surface area contributed by atoms with E-state index >= 15 is 0 Å². The number of rotatable bonds is 2. The monoisotopic (exact) mass is 192 g/mol. The summed E-state index contributed by atoms with van der Waals surface area (Å²) in [6.07, 6.45) is 1.80. The van der Waals surface area contributed by atoms with E-state index < -0.39 is 0 Å². The van der Waals surface area contributed by atoms with Gasteiger partial charge in [-0.05, 0) is 12.1 Å². The van der Waals surface area contributed by atoms with E-state index in [0.29, 0.717) is 0 Å². The van der Waals surface area contributed by atoms with E-state index in [1.165, 1.54) is 0 Å². The topological polar surface area (TPSA) is 39.5 Å². The summed E-state index contributed by atoms with van der Waals surface area (Å²) in [6.45, 7) is 3.65. The first-order valence-corrected chi connectivity index (χ1v) is 4.79. The third kappa shape index (κ3) is 1.80. The molecule has 0 amide bonds. The maximum Gasteiger partial charge on any atom is 0.171 e. The quantitative estimate of drug-likeness (QED) is 0.685. The zero-order valence-electron chi connectivity index (χ0n) is 8.31. The van der Waals surface area contributed by atoms with Gasteiger partial charge in [0.25, 0.3) is 0 Å². The van der Waals surface area contributed by atoms with Gasteiger partial charge in [-0.15, -0.1) is 0 Å². The molecule has 2 heterocycles. The molecule has 14 heavy (non-hydrogen) atoms. The summed E-state index contributed by atoms with van der Waals surface area (Å²) in [5.74, 6) is 1.78. The molecule has 0 spiro atoms. The zero-order chi connectivity index (χ0) is 9.80. The van der Waals surface area contributed by atoms with Crippen LogP contribution in [0.4, 0.5) is 5.82 Å². The van der Waals surface area contributed by atoms with Gasteiger partial charge in [-0.25, -0.2) is 10.3 Å². The van der Waals surface area contributed by atoms with Crippen LogP contribution < -0.4 is 15.0 Å². The first-order valence-electron chi connectivity index (χ1n) is 4.79. The van der Waals surface area contributed by atoms with Gasteiger partial charge < -0.3 is 9.64 Å². The van der Waals surface area contributed by atoms with Crippen molar-refractivity contribution in [3.05, 3.63) is 18.3 Å². The van der Waals surface area contributed by atoms with Crippen molar-refractivity contribution in [2.24, 2.45) is 0 Å². The summed E-state index contributed by atoms with van der Waals surface area (Å²) < 4.78 is 5.26. The Morgan fingerprint density at radius 2 is 2.14 bits per heavy atom. The fourth-order valence-electron chi connectivity index (χ4n) is 1.60. The normalized spacial score (nSPS) is 16.8. The molecule has 1 aromatic rings. The van der Waals surface area contributed by atoms with E-state index in [4.69, 9.17) is 4.74 Å². The average molecular weight is 192 g/mol. The predicted molar refractivity (Wildman–Crippen MR) is 54.9 cm³/mol. The van der Waals surface area contributed by atoms with Crippen LogP contribution in [-0.2, 0) is 0 Å². The molecule has 0 N–H and O–H groups in total. The molecule has 1 saturated heterocycles. The van der Waals surface area contributed by atoms with Gasteiger partial charge >= 0.3 is 0 Å². The second kappa shape index (κ2) is 4.28. The van der Waals surface area contributed by atoms with Gasteiger partial charge in [0.2, 0.25) is 0 Å². The summed E-state index contributed by atoms with van der Waals surface area (Å²) in [4.78, 5) is 6.55. The minimum absolute atomic E-state index is 0.842. The van der Waals surface area contributed by atoms with E-state index in [-0.39, 0.29) is 0 Å². The molecule has 0 unspecified atom stereocenters. The van der Waals surface area contributed by atoms with Crippen molar-refractivity contribution < 1.29 is 4.74 Å². The lowest BCUT2D eigenvalue weighted by Gasteiger charge is -2.28. The van der Waals surface area contributed by atoms with Gasteiger partial charge in [0, 0.05) is 32.4 Å². The van der Waals surface area contributed by atoms with Gasteiger partial charge in [0.1, 0.15) is 0 Å². The van der Waals surface area contributed by atoms with Crippen molar-refractivity contribution in [1.29, 1.82) is 0 Å².